The van der Waals surface area contributed by atoms with Gasteiger partial charge in [0.1, 0.15) is 0 Å². The van der Waals surface area contributed by atoms with Gasteiger partial charge in [-0.2, -0.15) is 0 Å². The van der Waals surface area contributed by atoms with E-state index in [1.54, 1.807) is 24.3 Å². The van der Waals surface area contributed by atoms with E-state index in [-0.39, 0.29) is 16.8 Å². The van der Waals surface area contributed by atoms with Crippen LogP contribution in [-0.2, 0) is 26.7 Å². The van der Waals surface area contributed by atoms with Crippen molar-refractivity contribution in [2.75, 3.05) is 4.72 Å². The van der Waals surface area contributed by atoms with Crippen molar-refractivity contribution in [3.63, 3.8) is 0 Å². The molecule has 6 heteroatoms. The average molecular weight is 401 g/mol. The lowest BCUT2D eigenvalue weighted by atomic mass is 9.94. The van der Waals surface area contributed by atoms with Gasteiger partial charge in [-0.15, -0.1) is 0 Å². The molecule has 0 aliphatic heterocycles. The SMILES string of the molecule is CCc1ccc(S(=O)(=O)Nc2ccc(C3(C(=O)NC(C)CC)CC3)cc2)cc1. The molecule has 2 aromatic rings. The second kappa shape index (κ2) is 7.95. The number of sulfonamides is 1. The molecular weight excluding hydrogens is 372 g/mol. The highest BCUT2D eigenvalue weighted by Crippen LogP contribution is 2.48. The van der Waals surface area contributed by atoms with Gasteiger partial charge in [-0.3, -0.25) is 9.52 Å². The van der Waals surface area contributed by atoms with Gasteiger partial charge in [-0.25, -0.2) is 8.42 Å². The lowest BCUT2D eigenvalue weighted by Gasteiger charge is -2.19. The molecule has 2 aromatic carbocycles. The largest absolute Gasteiger partial charge is 0.353 e. The molecular formula is C22H28N2O3S. The zero-order chi connectivity index (χ0) is 20.4. The number of benzene rings is 2. The maximum atomic E-state index is 12.6. The van der Waals surface area contributed by atoms with E-state index in [4.69, 9.17) is 0 Å². The van der Waals surface area contributed by atoms with Crippen LogP contribution in [0.5, 0.6) is 0 Å². The zero-order valence-corrected chi connectivity index (χ0v) is 17.5. The number of hydrogen-bond donors (Lipinski definition) is 2. The van der Waals surface area contributed by atoms with E-state index in [1.807, 2.05) is 45.0 Å². The van der Waals surface area contributed by atoms with Crippen LogP contribution in [-0.4, -0.2) is 20.4 Å². The van der Waals surface area contributed by atoms with Crippen LogP contribution in [0, 0.1) is 0 Å². The molecule has 3 rings (SSSR count). The van der Waals surface area contributed by atoms with Crippen LogP contribution in [0.4, 0.5) is 5.69 Å². The molecule has 0 heterocycles. The van der Waals surface area contributed by atoms with Crippen molar-refractivity contribution in [2.45, 2.75) is 62.8 Å². The van der Waals surface area contributed by atoms with Crippen molar-refractivity contribution in [2.24, 2.45) is 0 Å². The monoisotopic (exact) mass is 400 g/mol. The van der Waals surface area contributed by atoms with Crippen LogP contribution in [0.2, 0.25) is 0 Å². The van der Waals surface area contributed by atoms with E-state index >= 15 is 0 Å². The number of aryl methyl sites for hydroxylation is 1. The van der Waals surface area contributed by atoms with Gasteiger partial charge in [0.05, 0.1) is 10.3 Å². The Morgan fingerprint density at radius 3 is 2.14 bits per heavy atom. The molecule has 0 saturated heterocycles. The smallest absolute Gasteiger partial charge is 0.261 e. The molecule has 1 unspecified atom stereocenters. The average Bonchev–Trinajstić information content (AvgIpc) is 3.50. The fourth-order valence-corrected chi connectivity index (χ4v) is 4.27. The highest BCUT2D eigenvalue weighted by atomic mass is 32.2. The predicted molar refractivity (Wildman–Crippen MR) is 112 cm³/mol. The summed E-state index contributed by atoms with van der Waals surface area (Å²) in [6, 6.07) is 14.2. The number of anilines is 1. The molecule has 1 saturated carbocycles. The van der Waals surface area contributed by atoms with Gasteiger partial charge in [0.2, 0.25) is 5.91 Å². The Labute approximate surface area is 167 Å². The molecule has 2 N–H and O–H groups in total. The Bertz CT molecular complexity index is 931. The van der Waals surface area contributed by atoms with Gasteiger partial charge in [0.25, 0.3) is 10.0 Å². The predicted octanol–water partition coefficient (Wildman–Crippen LogP) is 4.00. The van der Waals surface area contributed by atoms with Crippen molar-refractivity contribution in [3.8, 4) is 0 Å². The minimum atomic E-state index is -3.64. The summed E-state index contributed by atoms with van der Waals surface area (Å²) in [4.78, 5) is 12.9. The molecule has 5 nitrogen and oxygen atoms in total. The van der Waals surface area contributed by atoms with Crippen molar-refractivity contribution in [1.82, 2.24) is 5.32 Å². The molecule has 150 valence electrons. The Balaban J connectivity index is 1.73. The van der Waals surface area contributed by atoms with Gasteiger partial charge in [-0.1, -0.05) is 38.1 Å². The topological polar surface area (TPSA) is 75.3 Å². The molecule has 0 aromatic heterocycles. The summed E-state index contributed by atoms with van der Waals surface area (Å²) in [6.07, 6.45) is 3.40. The van der Waals surface area contributed by atoms with E-state index in [0.717, 1.165) is 36.8 Å². The highest BCUT2D eigenvalue weighted by molar-refractivity contribution is 7.92. The first-order valence-corrected chi connectivity index (χ1v) is 11.3. The van der Waals surface area contributed by atoms with E-state index in [0.29, 0.717) is 5.69 Å². The third kappa shape index (κ3) is 4.22. The number of hydrogen-bond acceptors (Lipinski definition) is 3. The fourth-order valence-electron chi connectivity index (χ4n) is 3.21. The second-order valence-corrected chi connectivity index (χ2v) is 9.23. The minimum Gasteiger partial charge on any atom is -0.353 e. The summed E-state index contributed by atoms with van der Waals surface area (Å²) in [7, 11) is -3.64. The van der Waals surface area contributed by atoms with Gasteiger partial charge >= 0.3 is 0 Å². The van der Waals surface area contributed by atoms with Crippen molar-refractivity contribution < 1.29 is 13.2 Å². The first kappa shape index (κ1) is 20.4. The van der Waals surface area contributed by atoms with E-state index < -0.39 is 15.4 Å². The van der Waals surface area contributed by atoms with E-state index in [1.165, 1.54) is 0 Å². The number of nitrogens with one attached hydrogen (secondary N) is 2. The summed E-state index contributed by atoms with van der Waals surface area (Å²) >= 11 is 0. The standard InChI is InChI=1S/C22H28N2O3S/c1-4-16(3)23-21(25)22(14-15-22)18-8-10-19(11-9-18)24-28(26,27)20-12-6-17(5-2)7-13-20/h6-13,16,24H,4-5,14-15H2,1-3H3,(H,23,25). The summed E-state index contributed by atoms with van der Waals surface area (Å²) in [5.74, 6) is 0.0613. The van der Waals surface area contributed by atoms with Crippen molar-refractivity contribution in [3.05, 3.63) is 59.7 Å². The number of carbonyl (C=O) groups is 1. The normalized spacial score (nSPS) is 16.2. The van der Waals surface area contributed by atoms with Gasteiger partial charge in [0, 0.05) is 11.7 Å². The lowest BCUT2D eigenvalue weighted by Crippen LogP contribution is -2.39. The number of carbonyl (C=O) groups excluding carboxylic acids is 1. The summed E-state index contributed by atoms with van der Waals surface area (Å²) < 4.78 is 27.8. The second-order valence-electron chi connectivity index (χ2n) is 7.55. The highest BCUT2D eigenvalue weighted by Gasteiger charge is 2.51. The first-order chi connectivity index (χ1) is 13.3. The van der Waals surface area contributed by atoms with E-state index in [2.05, 4.69) is 10.0 Å². The van der Waals surface area contributed by atoms with Crippen LogP contribution in [0.1, 0.15) is 51.2 Å². The molecule has 1 aliphatic carbocycles. The molecule has 1 amide bonds. The minimum absolute atomic E-state index is 0.0613. The molecule has 1 fully saturated rings. The first-order valence-electron chi connectivity index (χ1n) is 9.84. The van der Waals surface area contributed by atoms with Crippen molar-refractivity contribution in [1.29, 1.82) is 0 Å². The van der Waals surface area contributed by atoms with Crippen LogP contribution in [0.3, 0.4) is 0 Å². The van der Waals surface area contributed by atoms with Crippen LogP contribution < -0.4 is 10.0 Å². The maximum Gasteiger partial charge on any atom is 0.261 e. The molecule has 0 spiro atoms. The molecule has 1 aliphatic rings. The Kier molecular flexibility index (Phi) is 5.79. The molecule has 28 heavy (non-hydrogen) atoms. The van der Waals surface area contributed by atoms with Gasteiger partial charge in [-0.05, 0) is 68.0 Å². The van der Waals surface area contributed by atoms with Gasteiger partial charge < -0.3 is 5.32 Å². The zero-order valence-electron chi connectivity index (χ0n) is 16.7. The van der Waals surface area contributed by atoms with E-state index in [9.17, 15) is 13.2 Å². The van der Waals surface area contributed by atoms with Crippen LogP contribution in [0.15, 0.2) is 53.4 Å². The number of rotatable bonds is 8. The fraction of sp³-hybridized carbons (Fsp3) is 0.409. The maximum absolute atomic E-state index is 12.6. The summed E-state index contributed by atoms with van der Waals surface area (Å²) in [6.45, 7) is 6.07. The summed E-state index contributed by atoms with van der Waals surface area (Å²) in [5, 5.41) is 3.06. The molecule has 1 atom stereocenters. The Morgan fingerprint density at radius 2 is 1.64 bits per heavy atom. The molecule has 0 bridgehead atoms. The quantitative estimate of drug-likeness (QED) is 0.703. The summed E-state index contributed by atoms with van der Waals surface area (Å²) in [5.41, 5.74) is 2.05. The van der Waals surface area contributed by atoms with Crippen molar-refractivity contribution >= 4 is 21.6 Å². The van der Waals surface area contributed by atoms with Crippen LogP contribution in [0.25, 0.3) is 0 Å². The third-order valence-electron chi connectivity index (χ3n) is 5.51. The number of amides is 1. The van der Waals surface area contributed by atoms with Gasteiger partial charge in [0.15, 0.2) is 0 Å². The Hall–Kier alpha value is -2.34. The Morgan fingerprint density at radius 1 is 1.04 bits per heavy atom. The lowest BCUT2D eigenvalue weighted by molar-refractivity contribution is -0.124. The third-order valence-corrected chi connectivity index (χ3v) is 6.90. The molecule has 0 radical (unpaired) electrons. The van der Waals surface area contributed by atoms with Crippen LogP contribution >= 0.6 is 0 Å².